The molecule has 0 saturated carbocycles. The van der Waals surface area contributed by atoms with Gasteiger partial charge in [0.05, 0.1) is 0 Å². The van der Waals surface area contributed by atoms with Gasteiger partial charge >= 0.3 is 0 Å². The molecule has 0 saturated heterocycles. The Balaban J connectivity index is 2.18. The minimum atomic E-state index is 0.471. The van der Waals surface area contributed by atoms with E-state index in [9.17, 15) is 0 Å². The van der Waals surface area contributed by atoms with Crippen LogP contribution in [0.5, 0.6) is 0 Å². The predicted octanol–water partition coefficient (Wildman–Crippen LogP) is 4.30. The molecule has 0 bridgehead atoms. The van der Waals surface area contributed by atoms with Gasteiger partial charge in [-0.15, -0.1) is 11.3 Å². The topological polar surface area (TPSA) is 15.3 Å². The Morgan fingerprint density at radius 3 is 2.80 bits per heavy atom. The summed E-state index contributed by atoms with van der Waals surface area (Å²) in [5.41, 5.74) is 2.62. The first-order valence-corrected chi connectivity index (χ1v) is 8.47. The number of hydrogen-bond donors (Lipinski definition) is 1. The van der Waals surface area contributed by atoms with E-state index in [1.165, 1.54) is 16.1 Å². The summed E-state index contributed by atoms with van der Waals surface area (Å²) >= 11 is 5.41. The van der Waals surface area contributed by atoms with Crippen LogP contribution >= 0.6 is 27.3 Å². The fourth-order valence-corrected chi connectivity index (χ4v) is 3.48. The van der Waals surface area contributed by atoms with Gasteiger partial charge in [-0.05, 0) is 43.1 Å². The van der Waals surface area contributed by atoms with E-state index in [-0.39, 0.29) is 0 Å². The molecule has 1 atom stereocenters. The second-order valence-corrected chi connectivity index (χ2v) is 6.99. The normalized spacial score (nSPS) is 12.4. The zero-order valence-electron chi connectivity index (χ0n) is 12.2. The van der Waals surface area contributed by atoms with Crippen molar-refractivity contribution in [1.82, 2.24) is 5.32 Å². The lowest BCUT2D eigenvalue weighted by Gasteiger charge is -2.29. The highest BCUT2D eigenvalue weighted by Gasteiger charge is 2.14. The van der Waals surface area contributed by atoms with Gasteiger partial charge in [0.15, 0.2) is 0 Å². The van der Waals surface area contributed by atoms with Crippen LogP contribution < -0.4 is 10.2 Å². The third-order valence-corrected chi connectivity index (χ3v) is 4.92. The number of rotatable bonds is 6. The highest BCUT2D eigenvalue weighted by Crippen LogP contribution is 2.27. The van der Waals surface area contributed by atoms with E-state index in [1.54, 1.807) is 0 Å². The highest BCUT2D eigenvalue weighted by atomic mass is 79.9. The van der Waals surface area contributed by atoms with Crippen LogP contribution in [0, 0.1) is 0 Å². The fourth-order valence-electron chi connectivity index (χ4n) is 2.30. The van der Waals surface area contributed by atoms with Crippen LogP contribution in [0.2, 0.25) is 0 Å². The van der Waals surface area contributed by atoms with E-state index >= 15 is 0 Å². The van der Waals surface area contributed by atoms with Gasteiger partial charge in [-0.25, -0.2) is 0 Å². The van der Waals surface area contributed by atoms with Gasteiger partial charge in [-0.2, -0.15) is 0 Å². The Bertz CT molecular complexity index is 539. The molecule has 0 aliphatic heterocycles. The van der Waals surface area contributed by atoms with E-state index < -0.39 is 0 Å². The average Bonchev–Trinajstić information content (AvgIpc) is 2.93. The van der Waals surface area contributed by atoms with Gasteiger partial charge in [0.2, 0.25) is 0 Å². The smallest absolute Gasteiger partial charge is 0.0423 e. The van der Waals surface area contributed by atoms with Crippen molar-refractivity contribution in [2.45, 2.75) is 25.9 Å². The molecule has 1 aromatic heterocycles. The lowest BCUT2D eigenvalue weighted by atomic mass is 10.1. The summed E-state index contributed by atoms with van der Waals surface area (Å²) < 4.78 is 1.13. The Morgan fingerprint density at radius 1 is 1.35 bits per heavy atom. The summed E-state index contributed by atoms with van der Waals surface area (Å²) in [4.78, 5) is 3.81. The molecule has 1 heterocycles. The van der Waals surface area contributed by atoms with Crippen LogP contribution in [0.4, 0.5) is 5.69 Å². The SMILES string of the molecule is CNCc1ccc(Br)cc1N(C)C(C)Cc1cccs1. The molecule has 0 aliphatic carbocycles. The summed E-state index contributed by atoms with van der Waals surface area (Å²) in [6.07, 6.45) is 1.08. The molecular weight excluding hydrogens is 332 g/mol. The van der Waals surface area contributed by atoms with Gasteiger partial charge in [0.25, 0.3) is 0 Å². The Labute approximate surface area is 133 Å². The van der Waals surface area contributed by atoms with Gasteiger partial charge in [0, 0.05) is 41.1 Å². The Hall–Kier alpha value is -0.840. The molecule has 2 nitrogen and oxygen atoms in total. The quantitative estimate of drug-likeness (QED) is 0.833. The maximum absolute atomic E-state index is 3.58. The van der Waals surface area contributed by atoms with Crippen molar-refractivity contribution in [3.8, 4) is 0 Å². The maximum atomic E-state index is 3.58. The molecule has 108 valence electrons. The van der Waals surface area contributed by atoms with Crippen LogP contribution in [0.25, 0.3) is 0 Å². The molecule has 1 N–H and O–H groups in total. The fraction of sp³-hybridized carbons (Fsp3) is 0.375. The summed E-state index contributed by atoms with van der Waals surface area (Å²) in [5.74, 6) is 0. The lowest BCUT2D eigenvalue weighted by molar-refractivity contribution is 0.681. The van der Waals surface area contributed by atoms with E-state index in [0.717, 1.165) is 17.4 Å². The molecule has 2 aromatic rings. The van der Waals surface area contributed by atoms with E-state index in [4.69, 9.17) is 0 Å². The van der Waals surface area contributed by atoms with Crippen LogP contribution in [-0.2, 0) is 13.0 Å². The minimum Gasteiger partial charge on any atom is -0.371 e. The number of nitrogens with one attached hydrogen (secondary N) is 1. The van der Waals surface area contributed by atoms with Crippen LogP contribution in [0.3, 0.4) is 0 Å². The van der Waals surface area contributed by atoms with Crippen LogP contribution in [0.15, 0.2) is 40.2 Å². The molecule has 20 heavy (non-hydrogen) atoms. The van der Waals surface area contributed by atoms with Gasteiger partial charge < -0.3 is 10.2 Å². The van der Waals surface area contributed by atoms with Crippen molar-refractivity contribution < 1.29 is 0 Å². The van der Waals surface area contributed by atoms with Gasteiger partial charge in [0.1, 0.15) is 0 Å². The monoisotopic (exact) mass is 352 g/mol. The van der Waals surface area contributed by atoms with Crippen LogP contribution in [-0.4, -0.2) is 20.1 Å². The van der Waals surface area contributed by atoms with Crippen molar-refractivity contribution in [1.29, 1.82) is 0 Å². The first-order chi connectivity index (χ1) is 9.61. The number of anilines is 1. The molecule has 1 aromatic carbocycles. The Morgan fingerprint density at radius 2 is 2.15 bits per heavy atom. The standard InChI is InChI=1S/C16H21BrN2S/c1-12(9-15-5-4-8-20-15)19(3)16-10-14(17)7-6-13(16)11-18-2/h4-8,10,12,18H,9,11H2,1-3H3. The van der Waals surface area contributed by atoms with Crippen molar-refractivity contribution in [3.05, 3.63) is 50.6 Å². The van der Waals surface area contributed by atoms with Crippen LogP contribution in [0.1, 0.15) is 17.4 Å². The predicted molar refractivity (Wildman–Crippen MR) is 92.8 cm³/mol. The third kappa shape index (κ3) is 3.84. The number of nitrogens with zero attached hydrogens (tertiary/aromatic N) is 1. The van der Waals surface area contributed by atoms with E-state index in [2.05, 4.69) is 75.8 Å². The molecule has 0 amide bonds. The van der Waals surface area contributed by atoms with Gasteiger partial charge in [-0.3, -0.25) is 0 Å². The molecular formula is C16H21BrN2S. The molecule has 2 rings (SSSR count). The third-order valence-electron chi connectivity index (χ3n) is 3.53. The zero-order chi connectivity index (χ0) is 14.5. The zero-order valence-corrected chi connectivity index (χ0v) is 14.6. The second kappa shape index (κ2) is 7.25. The molecule has 0 radical (unpaired) electrons. The van der Waals surface area contributed by atoms with E-state index in [0.29, 0.717) is 6.04 Å². The van der Waals surface area contributed by atoms with Crippen molar-refractivity contribution in [2.24, 2.45) is 0 Å². The van der Waals surface area contributed by atoms with Gasteiger partial charge in [-0.1, -0.05) is 28.1 Å². The minimum absolute atomic E-state index is 0.471. The largest absolute Gasteiger partial charge is 0.371 e. The lowest BCUT2D eigenvalue weighted by Crippen LogP contribution is -2.31. The average molecular weight is 353 g/mol. The molecule has 1 unspecified atom stereocenters. The first kappa shape index (κ1) is 15.5. The Kier molecular flexibility index (Phi) is 5.64. The number of likely N-dealkylation sites (N-methyl/N-ethyl adjacent to an activating group) is 1. The summed E-state index contributed by atoms with van der Waals surface area (Å²) in [6, 6.07) is 11.3. The number of thiophene rings is 1. The molecule has 0 fully saturated rings. The van der Waals surface area contributed by atoms with Crippen molar-refractivity contribution in [2.75, 3.05) is 19.0 Å². The number of halogens is 1. The summed E-state index contributed by atoms with van der Waals surface area (Å²) in [7, 11) is 4.17. The highest BCUT2D eigenvalue weighted by molar-refractivity contribution is 9.10. The van der Waals surface area contributed by atoms with Crippen molar-refractivity contribution in [3.63, 3.8) is 0 Å². The maximum Gasteiger partial charge on any atom is 0.0423 e. The second-order valence-electron chi connectivity index (χ2n) is 5.05. The molecule has 0 spiro atoms. The van der Waals surface area contributed by atoms with E-state index in [1.807, 2.05) is 18.4 Å². The summed E-state index contributed by atoms with van der Waals surface area (Å²) in [6.45, 7) is 3.17. The summed E-state index contributed by atoms with van der Waals surface area (Å²) in [5, 5.41) is 5.39. The number of hydrogen-bond acceptors (Lipinski definition) is 3. The molecule has 0 aliphatic rings. The number of benzene rings is 1. The van der Waals surface area contributed by atoms with Crippen molar-refractivity contribution >= 4 is 33.0 Å². The molecule has 4 heteroatoms. The first-order valence-electron chi connectivity index (χ1n) is 6.80.